The summed E-state index contributed by atoms with van der Waals surface area (Å²) in [7, 11) is 0. The summed E-state index contributed by atoms with van der Waals surface area (Å²) in [5, 5.41) is 5.42. The van der Waals surface area contributed by atoms with Gasteiger partial charge < -0.3 is 15.5 Å². The molecule has 0 aromatic heterocycles. The number of nitrogens with zero attached hydrogens (tertiary/aromatic N) is 2. The number of rotatable bonds is 5. The minimum atomic E-state index is -4.41. The Morgan fingerprint density at radius 2 is 1.96 bits per heavy atom. The summed E-state index contributed by atoms with van der Waals surface area (Å²) >= 11 is 1.43. The smallest absolute Gasteiger partial charge is 0.352 e. The standard InChI is InChI=1S/C14H23F3N4O2S.ClH/c1-2-12(22)21-9-24-8-10(21)13(23)19-7-11(14(15,16)17)20-5-3-18-4-6-20;/h10-11,18H,2-9H2,1H3,(H,19,23);1H. The zero-order valence-electron chi connectivity index (χ0n) is 14.0. The minimum absolute atomic E-state index is 0. The molecule has 2 unspecified atom stereocenters. The van der Waals surface area contributed by atoms with Gasteiger partial charge in [0, 0.05) is 44.9 Å². The van der Waals surface area contributed by atoms with E-state index in [1.54, 1.807) is 6.92 Å². The third kappa shape index (κ3) is 5.90. The first kappa shape index (κ1) is 22.3. The van der Waals surface area contributed by atoms with Crippen molar-refractivity contribution in [3.63, 3.8) is 0 Å². The van der Waals surface area contributed by atoms with Crippen molar-refractivity contribution in [3.8, 4) is 0 Å². The van der Waals surface area contributed by atoms with Crippen LogP contribution in [0.15, 0.2) is 0 Å². The summed E-state index contributed by atoms with van der Waals surface area (Å²) in [6.07, 6.45) is -4.13. The lowest BCUT2D eigenvalue weighted by atomic mass is 10.2. The number of thioether (sulfide) groups is 1. The van der Waals surface area contributed by atoms with Gasteiger partial charge in [0.1, 0.15) is 12.1 Å². The lowest BCUT2D eigenvalue weighted by Gasteiger charge is -2.36. The van der Waals surface area contributed by atoms with Gasteiger partial charge in [-0.25, -0.2) is 0 Å². The zero-order chi connectivity index (χ0) is 17.7. The van der Waals surface area contributed by atoms with Crippen molar-refractivity contribution < 1.29 is 22.8 Å². The molecule has 0 aliphatic carbocycles. The van der Waals surface area contributed by atoms with Gasteiger partial charge in [0.2, 0.25) is 11.8 Å². The van der Waals surface area contributed by atoms with Crippen LogP contribution in [0.5, 0.6) is 0 Å². The van der Waals surface area contributed by atoms with E-state index < -0.39 is 30.7 Å². The molecule has 0 spiro atoms. The first-order valence-electron chi connectivity index (χ1n) is 8.01. The van der Waals surface area contributed by atoms with E-state index in [2.05, 4.69) is 10.6 Å². The van der Waals surface area contributed by atoms with Crippen LogP contribution in [0.1, 0.15) is 13.3 Å². The molecular formula is C14H24ClF3N4O2S. The van der Waals surface area contributed by atoms with Gasteiger partial charge in [0.05, 0.1) is 5.88 Å². The second-order valence-corrected chi connectivity index (χ2v) is 6.82. The van der Waals surface area contributed by atoms with Crippen LogP contribution in [-0.4, -0.2) is 84.2 Å². The number of hydrogen-bond acceptors (Lipinski definition) is 5. The van der Waals surface area contributed by atoms with Crippen LogP contribution in [0.3, 0.4) is 0 Å². The van der Waals surface area contributed by atoms with Crippen molar-refractivity contribution >= 4 is 36.0 Å². The predicted octanol–water partition coefficient (Wildman–Crippen LogP) is 0.672. The molecule has 2 saturated heterocycles. The number of carbonyl (C=O) groups excluding carboxylic acids is 2. The van der Waals surface area contributed by atoms with Crippen molar-refractivity contribution in [1.82, 2.24) is 20.4 Å². The van der Waals surface area contributed by atoms with Crippen LogP contribution in [0.2, 0.25) is 0 Å². The molecule has 2 rings (SSSR count). The summed E-state index contributed by atoms with van der Waals surface area (Å²) < 4.78 is 39.9. The van der Waals surface area contributed by atoms with Crippen LogP contribution < -0.4 is 10.6 Å². The van der Waals surface area contributed by atoms with Gasteiger partial charge in [-0.3, -0.25) is 14.5 Å². The molecule has 0 radical (unpaired) electrons. The third-order valence-corrected chi connectivity index (χ3v) is 5.26. The number of amides is 2. The SMILES string of the molecule is CCC(=O)N1CSCC1C(=O)NCC(N1CCNCC1)C(F)(F)F.Cl. The van der Waals surface area contributed by atoms with E-state index in [9.17, 15) is 22.8 Å². The lowest BCUT2D eigenvalue weighted by Crippen LogP contribution is -2.58. The molecule has 146 valence electrons. The van der Waals surface area contributed by atoms with E-state index in [-0.39, 0.29) is 24.7 Å². The first-order chi connectivity index (χ1) is 11.3. The Morgan fingerprint density at radius 3 is 2.52 bits per heavy atom. The van der Waals surface area contributed by atoms with Gasteiger partial charge in [0.25, 0.3) is 0 Å². The highest BCUT2D eigenvalue weighted by molar-refractivity contribution is 7.99. The Labute approximate surface area is 155 Å². The fourth-order valence-corrected chi connectivity index (χ4v) is 4.05. The number of hydrogen-bond donors (Lipinski definition) is 2. The fourth-order valence-electron chi connectivity index (χ4n) is 2.87. The van der Waals surface area contributed by atoms with E-state index >= 15 is 0 Å². The normalized spacial score (nSPS) is 23.0. The molecule has 2 heterocycles. The number of alkyl halides is 3. The third-order valence-electron chi connectivity index (χ3n) is 4.25. The molecule has 0 saturated carbocycles. The monoisotopic (exact) mass is 404 g/mol. The number of carbonyl (C=O) groups is 2. The molecule has 2 aliphatic heterocycles. The van der Waals surface area contributed by atoms with E-state index in [1.807, 2.05) is 0 Å². The molecule has 6 nitrogen and oxygen atoms in total. The quantitative estimate of drug-likeness (QED) is 0.705. The first-order valence-corrected chi connectivity index (χ1v) is 9.16. The molecule has 0 aromatic rings. The van der Waals surface area contributed by atoms with Gasteiger partial charge in [-0.2, -0.15) is 13.2 Å². The van der Waals surface area contributed by atoms with Crippen LogP contribution in [0.25, 0.3) is 0 Å². The van der Waals surface area contributed by atoms with Gasteiger partial charge in [-0.15, -0.1) is 24.2 Å². The fraction of sp³-hybridized carbons (Fsp3) is 0.857. The molecule has 2 aliphatic rings. The topological polar surface area (TPSA) is 64.7 Å². The van der Waals surface area contributed by atoms with Crippen LogP contribution in [-0.2, 0) is 9.59 Å². The summed E-state index contributed by atoms with van der Waals surface area (Å²) in [6.45, 7) is 2.79. The maximum absolute atomic E-state index is 13.3. The molecule has 2 N–H and O–H groups in total. The molecule has 11 heteroatoms. The van der Waals surface area contributed by atoms with Crippen molar-refractivity contribution in [2.24, 2.45) is 0 Å². The molecular weight excluding hydrogens is 381 g/mol. The van der Waals surface area contributed by atoms with Gasteiger partial charge >= 0.3 is 6.18 Å². The summed E-state index contributed by atoms with van der Waals surface area (Å²) in [4.78, 5) is 26.9. The van der Waals surface area contributed by atoms with Crippen molar-refractivity contribution in [1.29, 1.82) is 0 Å². The molecule has 2 fully saturated rings. The van der Waals surface area contributed by atoms with Crippen molar-refractivity contribution in [2.45, 2.75) is 31.6 Å². The summed E-state index contributed by atoms with van der Waals surface area (Å²) in [5.41, 5.74) is 0. The van der Waals surface area contributed by atoms with Crippen LogP contribution >= 0.6 is 24.2 Å². The average Bonchev–Trinajstić information content (AvgIpc) is 3.03. The highest BCUT2D eigenvalue weighted by Gasteiger charge is 2.44. The summed E-state index contributed by atoms with van der Waals surface area (Å²) in [6, 6.07) is -2.38. The van der Waals surface area contributed by atoms with Crippen LogP contribution in [0.4, 0.5) is 13.2 Å². The molecule has 0 bridgehead atoms. The Hall–Kier alpha value is -0.710. The Balaban J connectivity index is 0.00000312. The van der Waals surface area contributed by atoms with Crippen LogP contribution in [0, 0.1) is 0 Å². The Kier molecular flexibility index (Phi) is 8.79. The number of halogens is 4. The minimum Gasteiger partial charge on any atom is -0.352 e. The number of nitrogens with one attached hydrogen (secondary N) is 2. The lowest BCUT2D eigenvalue weighted by molar-refractivity contribution is -0.184. The molecule has 0 aromatic carbocycles. The van der Waals surface area contributed by atoms with E-state index in [0.29, 0.717) is 37.8 Å². The summed E-state index contributed by atoms with van der Waals surface area (Å²) in [5.74, 6) is 0.161. The average molecular weight is 405 g/mol. The van der Waals surface area contributed by atoms with Gasteiger partial charge in [-0.1, -0.05) is 6.92 Å². The van der Waals surface area contributed by atoms with Crippen molar-refractivity contribution in [2.75, 3.05) is 44.4 Å². The van der Waals surface area contributed by atoms with Crippen molar-refractivity contribution in [3.05, 3.63) is 0 Å². The van der Waals surface area contributed by atoms with Gasteiger partial charge in [-0.05, 0) is 0 Å². The highest BCUT2D eigenvalue weighted by atomic mass is 35.5. The Bertz CT molecular complexity index is 464. The largest absolute Gasteiger partial charge is 0.405 e. The highest BCUT2D eigenvalue weighted by Crippen LogP contribution is 2.25. The second-order valence-electron chi connectivity index (χ2n) is 5.82. The van der Waals surface area contributed by atoms with E-state index in [1.165, 1.54) is 21.6 Å². The van der Waals surface area contributed by atoms with Gasteiger partial charge in [0.15, 0.2) is 0 Å². The predicted molar refractivity (Wildman–Crippen MR) is 92.8 cm³/mol. The number of piperazine rings is 1. The maximum Gasteiger partial charge on any atom is 0.405 e. The zero-order valence-corrected chi connectivity index (χ0v) is 15.6. The Morgan fingerprint density at radius 1 is 1.32 bits per heavy atom. The second kappa shape index (κ2) is 9.84. The molecule has 2 amide bonds. The maximum atomic E-state index is 13.3. The molecule has 25 heavy (non-hydrogen) atoms. The van der Waals surface area contributed by atoms with E-state index in [0.717, 1.165) is 0 Å². The van der Waals surface area contributed by atoms with E-state index in [4.69, 9.17) is 0 Å². The molecule has 2 atom stereocenters.